The summed E-state index contributed by atoms with van der Waals surface area (Å²) < 4.78 is 0. The Morgan fingerprint density at radius 3 is 2.71 bits per heavy atom. The van der Waals surface area contributed by atoms with Crippen LogP contribution < -0.4 is 5.73 Å². The van der Waals surface area contributed by atoms with Crippen LogP contribution in [0.3, 0.4) is 0 Å². The number of nitriles is 1. The largest absolute Gasteiger partial charge is 0.507 e. The van der Waals surface area contributed by atoms with Crippen molar-refractivity contribution in [1.29, 1.82) is 5.26 Å². The lowest BCUT2D eigenvalue weighted by atomic mass is 10.1. The van der Waals surface area contributed by atoms with E-state index in [1.165, 1.54) is 6.07 Å². The quantitative estimate of drug-likeness (QED) is 0.752. The fourth-order valence-corrected chi connectivity index (χ4v) is 1.47. The van der Waals surface area contributed by atoms with E-state index in [0.29, 0.717) is 22.5 Å². The lowest BCUT2D eigenvalue weighted by Gasteiger charge is -2.06. The number of aryl methyl sites for hydroxylation is 1. The number of hydrogen-bond acceptors (Lipinski definition) is 6. The van der Waals surface area contributed by atoms with Gasteiger partial charge in [-0.3, -0.25) is 0 Å². The van der Waals surface area contributed by atoms with Crippen LogP contribution in [-0.2, 0) is 0 Å². The van der Waals surface area contributed by atoms with E-state index in [2.05, 4.69) is 15.2 Å². The van der Waals surface area contributed by atoms with Crippen LogP contribution in [0.1, 0.15) is 11.3 Å². The molecule has 0 aliphatic carbocycles. The highest BCUT2D eigenvalue weighted by Crippen LogP contribution is 2.29. The topological polar surface area (TPSA) is 109 Å². The van der Waals surface area contributed by atoms with E-state index in [-0.39, 0.29) is 11.7 Å². The van der Waals surface area contributed by atoms with Crippen molar-refractivity contribution in [2.45, 2.75) is 6.92 Å². The van der Waals surface area contributed by atoms with Crippen molar-refractivity contribution in [3.63, 3.8) is 0 Å². The molecular weight excluding hydrogens is 218 g/mol. The molecule has 0 radical (unpaired) electrons. The Morgan fingerprint density at radius 1 is 1.35 bits per heavy atom. The van der Waals surface area contributed by atoms with Crippen molar-refractivity contribution in [2.75, 3.05) is 5.73 Å². The van der Waals surface area contributed by atoms with Gasteiger partial charge in [0.2, 0.25) is 5.95 Å². The van der Waals surface area contributed by atoms with Gasteiger partial charge in [-0.2, -0.15) is 5.26 Å². The third-order valence-corrected chi connectivity index (χ3v) is 2.26. The van der Waals surface area contributed by atoms with Crippen molar-refractivity contribution in [2.24, 2.45) is 0 Å². The van der Waals surface area contributed by atoms with Crippen molar-refractivity contribution < 1.29 is 5.11 Å². The number of nitrogen functional groups attached to an aromatic ring is 1. The highest BCUT2D eigenvalue weighted by molar-refractivity contribution is 5.69. The fraction of sp³-hybridized carbons (Fsp3) is 0.0909. The van der Waals surface area contributed by atoms with Gasteiger partial charge >= 0.3 is 0 Å². The molecule has 0 fully saturated rings. The maximum atomic E-state index is 9.79. The summed E-state index contributed by atoms with van der Waals surface area (Å²) in [7, 11) is 0. The molecule has 84 valence electrons. The number of nitrogens with two attached hydrogens (primary N) is 1. The minimum Gasteiger partial charge on any atom is -0.507 e. The van der Waals surface area contributed by atoms with E-state index in [1.54, 1.807) is 19.1 Å². The number of benzene rings is 1. The van der Waals surface area contributed by atoms with Crippen LogP contribution in [0, 0.1) is 18.3 Å². The molecule has 0 aliphatic rings. The van der Waals surface area contributed by atoms with Gasteiger partial charge in [-0.25, -0.2) is 4.98 Å². The summed E-state index contributed by atoms with van der Waals surface area (Å²) in [6.07, 6.45) is 0. The number of aromatic hydroxyl groups is 1. The van der Waals surface area contributed by atoms with E-state index in [4.69, 9.17) is 11.0 Å². The molecule has 0 bridgehead atoms. The predicted octanol–water partition coefficient (Wildman–Crippen LogP) is 1.01. The lowest BCUT2D eigenvalue weighted by molar-refractivity contribution is 0.476. The second-order valence-corrected chi connectivity index (χ2v) is 3.45. The monoisotopic (exact) mass is 227 g/mol. The number of rotatable bonds is 1. The number of nitrogens with zero attached hydrogens (tertiary/aromatic N) is 4. The molecule has 0 atom stereocenters. The van der Waals surface area contributed by atoms with Gasteiger partial charge in [0.1, 0.15) is 11.4 Å². The van der Waals surface area contributed by atoms with Gasteiger partial charge in [-0.05, 0) is 25.1 Å². The Kier molecular flexibility index (Phi) is 2.58. The third kappa shape index (κ3) is 1.99. The Labute approximate surface area is 97.4 Å². The highest BCUT2D eigenvalue weighted by Gasteiger charge is 2.11. The van der Waals surface area contributed by atoms with Crippen LogP contribution in [0.15, 0.2) is 18.2 Å². The van der Waals surface area contributed by atoms with Crippen molar-refractivity contribution in [3.8, 4) is 23.1 Å². The summed E-state index contributed by atoms with van der Waals surface area (Å²) in [6.45, 7) is 1.72. The van der Waals surface area contributed by atoms with Gasteiger partial charge in [0.25, 0.3) is 0 Å². The average Bonchev–Trinajstić information content (AvgIpc) is 2.30. The van der Waals surface area contributed by atoms with E-state index in [1.807, 2.05) is 6.07 Å². The van der Waals surface area contributed by atoms with Crippen LogP contribution in [0.25, 0.3) is 11.3 Å². The normalized spacial score (nSPS) is 9.88. The molecule has 0 spiro atoms. The molecule has 3 N–H and O–H groups in total. The Morgan fingerprint density at radius 2 is 2.12 bits per heavy atom. The predicted molar refractivity (Wildman–Crippen MR) is 60.8 cm³/mol. The van der Waals surface area contributed by atoms with E-state index in [9.17, 15) is 5.11 Å². The van der Waals surface area contributed by atoms with Crippen LogP contribution >= 0.6 is 0 Å². The van der Waals surface area contributed by atoms with Crippen molar-refractivity contribution in [3.05, 3.63) is 29.5 Å². The summed E-state index contributed by atoms with van der Waals surface area (Å²) in [6, 6.07) is 6.50. The zero-order valence-corrected chi connectivity index (χ0v) is 9.05. The van der Waals surface area contributed by atoms with Crippen molar-refractivity contribution >= 4 is 5.95 Å². The lowest BCUT2D eigenvalue weighted by Crippen LogP contribution is -2.02. The smallest absolute Gasteiger partial charge is 0.240 e. The summed E-state index contributed by atoms with van der Waals surface area (Å²) in [5.74, 6) is 0.0485. The molecule has 6 heteroatoms. The van der Waals surface area contributed by atoms with E-state index in [0.717, 1.165) is 0 Å². The first-order valence-electron chi connectivity index (χ1n) is 4.82. The fourth-order valence-electron chi connectivity index (χ4n) is 1.47. The summed E-state index contributed by atoms with van der Waals surface area (Å²) in [5, 5.41) is 26.0. The Hall–Kier alpha value is -2.68. The number of hydrogen-bond donors (Lipinski definition) is 2. The molecule has 0 amide bonds. The molecule has 17 heavy (non-hydrogen) atoms. The van der Waals surface area contributed by atoms with Crippen LogP contribution in [0.5, 0.6) is 5.75 Å². The molecule has 2 rings (SSSR count). The number of anilines is 1. The second-order valence-electron chi connectivity index (χ2n) is 3.45. The van der Waals surface area contributed by atoms with E-state index < -0.39 is 0 Å². The molecule has 0 unspecified atom stereocenters. The zero-order chi connectivity index (χ0) is 12.4. The van der Waals surface area contributed by atoms with Gasteiger partial charge in [0.05, 0.1) is 17.3 Å². The van der Waals surface area contributed by atoms with Crippen molar-refractivity contribution in [1.82, 2.24) is 15.2 Å². The molecule has 6 nitrogen and oxygen atoms in total. The molecular formula is C11H9N5O. The minimum atomic E-state index is -0.0342. The van der Waals surface area contributed by atoms with Crippen LogP contribution in [0.4, 0.5) is 5.95 Å². The third-order valence-electron chi connectivity index (χ3n) is 2.26. The maximum absolute atomic E-state index is 9.79. The van der Waals surface area contributed by atoms with E-state index >= 15 is 0 Å². The molecule has 0 aliphatic heterocycles. The molecule has 2 aromatic rings. The molecule has 1 heterocycles. The molecule has 1 aromatic heterocycles. The molecule has 0 saturated carbocycles. The van der Waals surface area contributed by atoms with Gasteiger partial charge in [0.15, 0.2) is 0 Å². The Bertz CT molecular complexity index is 618. The zero-order valence-electron chi connectivity index (χ0n) is 9.05. The molecule has 0 saturated heterocycles. The van der Waals surface area contributed by atoms with Gasteiger partial charge in [-0.15, -0.1) is 10.2 Å². The standard InChI is InChI=1S/C11H9N5O/c1-6-10(15-16-11(13)14-6)8-3-2-7(5-12)4-9(8)17/h2-4,17H,1H3,(H2,13,14,16). The van der Waals surface area contributed by atoms with Gasteiger partial charge in [0, 0.05) is 5.56 Å². The first-order chi connectivity index (χ1) is 8.11. The number of phenols is 1. The summed E-state index contributed by atoms with van der Waals surface area (Å²) >= 11 is 0. The summed E-state index contributed by atoms with van der Waals surface area (Å²) in [4.78, 5) is 3.96. The number of aromatic nitrogens is 3. The first kappa shape index (κ1) is 10.8. The average molecular weight is 227 g/mol. The minimum absolute atomic E-state index is 0.0342. The van der Waals surface area contributed by atoms with Gasteiger partial charge < -0.3 is 10.8 Å². The SMILES string of the molecule is Cc1nc(N)nnc1-c1ccc(C#N)cc1O. The maximum Gasteiger partial charge on any atom is 0.240 e. The first-order valence-corrected chi connectivity index (χ1v) is 4.82. The van der Waals surface area contributed by atoms with Crippen LogP contribution in [0.2, 0.25) is 0 Å². The number of phenolic OH excluding ortho intramolecular Hbond substituents is 1. The Balaban J connectivity index is 2.58. The molecule has 1 aromatic carbocycles. The van der Waals surface area contributed by atoms with Gasteiger partial charge in [-0.1, -0.05) is 0 Å². The summed E-state index contributed by atoms with van der Waals surface area (Å²) in [5.41, 5.74) is 7.26. The second kappa shape index (κ2) is 4.06. The van der Waals surface area contributed by atoms with Crippen LogP contribution in [-0.4, -0.2) is 20.3 Å². The highest BCUT2D eigenvalue weighted by atomic mass is 16.3.